The van der Waals surface area contributed by atoms with E-state index in [1.54, 1.807) is 11.3 Å². The highest BCUT2D eigenvalue weighted by Gasteiger charge is 2.23. The van der Waals surface area contributed by atoms with Crippen molar-refractivity contribution in [3.05, 3.63) is 35.0 Å². The standard InChI is InChI=1S/C14H20N2O3S/c1-4-6-10(13(17)18)15-14(19)16-12(9(2)3)11-7-5-8-20-11/h4-5,7-10,12H,1,6H2,2-3H3,(H,17,18)(H2,15,16,19). The highest BCUT2D eigenvalue weighted by Crippen LogP contribution is 2.25. The Morgan fingerprint density at radius 3 is 2.60 bits per heavy atom. The van der Waals surface area contributed by atoms with Crippen molar-refractivity contribution in [2.24, 2.45) is 5.92 Å². The van der Waals surface area contributed by atoms with Crippen LogP contribution in [0.25, 0.3) is 0 Å². The Hall–Kier alpha value is -1.82. The van der Waals surface area contributed by atoms with Crippen LogP contribution >= 0.6 is 11.3 Å². The number of urea groups is 1. The molecular weight excluding hydrogens is 276 g/mol. The van der Waals surface area contributed by atoms with Crippen molar-refractivity contribution >= 4 is 23.3 Å². The molecule has 3 N–H and O–H groups in total. The van der Waals surface area contributed by atoms with E-state index in [1.165, 1.54) is 6.08 Å². The van der Waals surface area contributed by atoms with Crippen molar-refractivity contribution in [3.63, 3.8) is 0 Å². The molecule has 6 heteroatoms. The second-order valence-electron chi connectivity index (χ2n) is 4.77. The van der Waals surface area contributed by atoms with Gasteiger partial charge in [-0.2, -0.15) is 0 Å². The highest BCUT2D eigenvalue weighted by molar-refractivity contribution is 7.10. The minimum absolute atomic E-state index is 0.131. The van der Waals surface area contributed by atoms with E-state index in [9.17, 15) is 9.59 Å². The number of carbonyl (C=O) groups is 2. The smallest absolute Gasteiger partial charge is 0.326 e. The quantitative estimate of drug-likeness (QED) is 0.677. The first-order valence-electron chi connectivity index (χ1n) is 6.39. The van der Waals surface area contributed by atoms with Gasteiger partial charge in [0, 0.05) is 4.88 Å². The first-order valence-corrected chi connectivity index (χ1v) is 7.27. The fraction of sp³-hybridized carbons (Fsp3) is 0.429. The van der Waals surface area contributed by atoms with E-state index in [-0.39, 0.29) is 18.4 Å². The predicted octanol–water partition coefficient (Wildman–Crippen LogP) is 2.77. The summed E-state index contributed by atoms with van der Waals surface area (Å²) in [6.45, 7) is 7.49. The van der Waals surface area contributed by atoms with Gasteiger partial charge in [0.15, 0.2) is 0 Å². The number of amides is 2. The second-order valence-corrected chi connectivity index (χ2v) is 5.75. The Kier molecular flexibility index (Phi) is 6.24. The van der Waals surface area contributed by atoms with Gasteiger partial charge in [-0.15, -0.1) is 17.9 Å². The lowest BCUT2D eigenvalue weighted by atomic mass is 10.0. The lowest BCUT2D eigenvalue weighted by Crippen LogP contribution is -2.47. The van der Waals surface area contributed by atoms with Gasteiger partial charge in [0.2, 0.25) is 0 Å². The first kappa shape index (κ1) is 16.2. The van der Waals surface area contributed by atoms with Crippen LogP contribution in [0.1, 0.15) is 31.2 Å². The molecule has 0 aliphatic rings. The van der Waals surface area contributed by atoms with Crippen molar-refractivity contribution in [1.29, 1.82) is 0 Å². The van der Waals surface area contributed by atoms with Crippen LogP contribution in [0.3, 0.4) is 0 Å². The van der Waals surface area contributed by atoms with Crippen molar-refractivity contribution < 1.29 is 14.7 Å². The van der Waals surface area contributed by atoms with Gasteiger partial charge in [0.1, 0.15) is 6.04 Å². The highest BCUT2D eigenvalue weighted by atomic mass is 32.1. The molecule has 1 aromatic heterocycles. The Labute approximate surface area is 122 Å². The molecule has 0 saturated carbocycles. The van der Waals surface area contributed by atoms with Crippen LogP contribution in [0, 0.1) is 5.92 Å². The van der Waals surface area contributed by atoms with E-state index in [1.807, 2.05) is 31.4 Å². The third-order valence-electron chi connectivity index (χ3n) is 2.81. The summed E-state index contributed by atoms with van der Waals surface area (Å²) >= 11 is 1.56. The van der Waals surface area contributed by atoms with Crippen molar-refractivity contribution in [2.75, 3.05) is 0 Å². The molecule has 110 valence electrons. The average Bonchev–Trinajstić information content (AvgIpc) is 2.88. The van der Waals surface area contributed by atoms with Crippen LogP contribution in [0.4, 0.5) is 4.79 Å². The zero-order valence-electron chi connectivity index (χ0n) is 11.6. The Morgan fingerprint density at radius 1 is 1.45 bits per heavy atom. The fourth-order valence-corrected chi connectivity index (χ4v) is 2.71. The molecule has 0 fully saturated rings. The van der Waals surface area contributed by atoms with E-state index in [2.05, 4.69) is 17.2 Å². The minimum atomic E-state index is -1.07. The zero-order chi connectivity index (χ0) is 15.1. The van der Waals surface area contributed by atoms with Gasteiger partial charge in [0.05, 0.1) is 6.04 Å². The molecular formula is C14H20N2O3S. The van der Waals surface area contributed by atoms with Crippen LogP contribution < -0.4 is 10.6 Å². The van der Waals surface area contributed by atoms with Gasteiger partial charge in [-0.25, -0.2) is 9.59 Å². The van der Waals surface area contributed by atoms with Gasteiger partial charge in [-0.3, -0.25) is 0 Å². The monoisotopic (exact) mass is 296 g/mol. The molecule has 0 spiro atoms. The lowest BCUT2D eigenvalue weighted by molar-refractivity contribution is -0.139. The SMILES string of the molecule is C=CCC(NC(=O)NC(c1cccs1)C(C)C)C(=O)O. The molecule has 0 saturated heterocycles. The maximum Gasteiger partial charge on any atom is 0.326 e. The molecule has 0 bridgehead atoms. The van der Waals surface area contributed by atoms with E-state index in [4.69, 9.17) is 5.11 Å². The summed E-state index contributed by atoms with van der Waals surface area (Å²) in [7, 11) is 0. The number of thiophene rings is 1. The number of rotatable bonds is 7. The predicted molar refractivity (Wildman–Crippen MR) is 79.8 cm³/mol. The Bertz CT molecular complexity index is 457. The molecule has 0 aromatic carbocycles. The summed E-state index contributed by atoms with van der Waals surface area (Å²) in [5.74, 6) is -0.862. The van der Waals surface area contributed by atoms with Gasteiger partial charge in [-0.05, 0) is 23.8 Å². The molecule has 5 nitrogen and oxygen atoms in total. The Morgan fingerprint density at radius 2 is 2.15 bits per heavy atom. The lowest BCUT2D eigenvalue weighted by Gasteiger charge is -2.22. The summed E-state index contributed by atoms with van der Waals surface area (Å²) in [5.41, 5.74) is 0. The molecule has 0 aliphatic heterocycles. The number of nitrogens with one attached hydrogen (secondary N) is 2. The molecule has 1 heterocycles. The summed E-state index contributed by atoms with van der Waals surface area (Å²) < 4.78 is 0. The number of carboxylic acids is 1. The van der Waals surface area contributed by atoms with Crippen LogP contribution in [-0.4, -0.2) is 23.1 Å². The maximum absolute atomic E-state index is 11.9. The summed E-state index contributed by atoms with van der Waals surface area (Å²) in [6.07, 6.45) is 1.66. The summed E-state index contributed by atoms with van der Waals surface area (Å²) in [6, 6.07) is 2.31. The topological polar surface area (TPSA) is 78.4 Å². The molecule has 20 heavy (non-hydrogen) atoms. The molecule has 1 rings (SSSR count). The number of hydrogen-bond acceptors (Lipinski definition) is 3. The largest absolute Gasteiger partial charge is 0.480 e. The van der Waals surface area contributed by atoms with E-state index < -0.39 is 18.0 Å². The van der Waals surface area contributed by atoms with E-state index >= 15 is 0 Å². The van der Waals surface area contributed by atoms with E-state index in [0.717, 1.165) is 4.88 Å². The molecule has 1 aromatic rings. The Balaban J connectivity index is 2.67. The molecule has 2 amide bonds. The first-order chi connectivity index (χ1) is 9.45. The molecule has 0 radical (unpaired) electrons. The second kappa shape index (κ2) is 7.69. The van der Waals surface area contributed by atoms with Crippen molar-refractivity contribution in [1.82, 2.24) is 10.6 Å². The minimum Gasteiger partial charge on any atom is -0.480 e. The normalized spacial score (nSPS) is 13.6. The van der Waals surface area contributed by atoms with Gasteiger partial charge in [0.25, 0.3) is 0 Å². The van der Waals surface area contributed by atoms with Crippen LogP contribution in [0.2, 0.25) is 0 Å². The van der Waals surface area contributed by atoms with Crippen molar-refractivity contribution in [3.8, 4) is 0 Å². The van der Waals surface area contributed by atoms with Gasteiger partial charge in [-0.1, -0.05) is 26.0 Å². The molecule has 2 atom stereocenters. The fourth-order valence-electron chi connectivity index (χ4n) is 1.76. The third kappa shape index (κ3) is 4.70. The van der Waals surface area contributed by atoms with Crippen LogP contribution in [0.5, 0.6) is 0 Å². The number of carboxylic acid groups (broad SMARTS) is 1. The van der Waals surface area contributed by atoms with Crippen LogP contribution in [-0.2, 0) is 4.79 Å². The molecule has 0 aliphatic carbocycles. The zero-order valence-corrected chi connectivity index (χ0v) is 12.4. The number of aliphatic carboxylic acids is 1. The number of hydrogen-bond donors (Lipinski definition) is 3. The molecule has 2 unspecified atom stereocenters. The maximum atomic E-state index is 11.9. The van der Waals surface area contributed by atoms with Crippen molar-refractivity contribution in [2.45, 2.75) is 32.4 Å². The van der Waals surface area contributed by atoms with Gasteiger partial charge < -0.3 is 15.7 Å². The third-order valence-corrected chi connectivity index (χ3v) is 3.76. The number of carbonyl (C=O) groups excluding carboxylic acids is 1. The summed E-state index contributed by atoms with van der Waals surface area (Å²) in [4.78, 5) is 24.0. The van der Waals surface area contributed by atoms with E-state index in [0.29, 0.717) is 0 Å². The van der Waals surface area contributed by atoms with Crippen LogP contribution in [0.15, 0.2) is 30.2 Å². The summed E-state index contributed by atoms with van der Waals surface area (Å²) in [5, 5.41) is 16.2. The average molecular weight is 296 g/mol. The van der Waals surface area contributed by atoms with Gasteiger partial charge >= 0.3 is 12.0 Å².